The van der Waals surface area contributed by atoms with Crippen molar-refractivity contribution >= 4 is 29.6 Å². The number of nitrogens with zero attached hydrogens (tertiary/aromatic N) is 1. The van der Waals surface area contributed by atoms with E-state index in [2.05, 4.69) is 40.1 Å². The predicted molar refractivity (Wildman–Crippen MR) is 104 cm³/mol. The number of benzene rings is 1. The van der Waals surface area contributed by atoms with Crippen LogP contribution in [0.1, 0.15) is 24.8 Å². The second kappa shape index (κ2) is 6.89. The fraction of sp³-hybridized carbons (Fsp3) is 0.400. The molecule has 2 fully saturated rings. The zero-order chi connectivity index (χ0) is 16.4. The molecule has 3 nitrogen and oxygen atoms in total. The van der Waals surface area contributed by atoms with E-state index in [1.54, 1.807) is 6.21 Å². The van der Waals surface area contributed by atoms with Crippen LogP contribution in [0.4, 0.5) is 0 Å². The van der Waals surface area contributed by atoms with Crippen molar-refractivity contribution in [2.24, 2.45) is 28.8 Å². The maximum Gasteiger partial charge on any atom is 0.187 e. The lowest BCUT2D eigenvalue weighted by Crippen LogP contribution is -2.45. The summed E-state index contributed by atoms with van der Waals surface area (Å²) in [5, 5.41) is 8.29. The van der Waals surface area contributed by atoms with Gasteiger partial charge in [-0.1, -0.05) is 48.6 Å². The predicted octanol–water partition coefficient (Wildman–Crippen LogP) is 3.75. The van der Waals surface area contributed by atoms with Crippen LogP contribution in [0.2, 0.25) is 0 Å². The van der Waals surface area contributed by atoms with Gasteiger partial charge in [0.15, 0.2) is 5.11 Å². The van der Waals surface area contributed by atoms with Crippen LogP contribution in [-0.4, -0.2) is 17.4 Å². The largest absolute Gasteiger partial charge is 0.358 e. The molecule has 0 radical (unpaired) electrons. The molecule has 3 aliphatic rings. The van der Waals surface area contributed by atoms with E-state index >= 15 is 0 Å². The lowest BCUT2D eigenvalue weighted by Gasteiger charge is -2.32. The Kier molecular flexibility index (Phi) is 4.48. The maximum atomic E-state index is 5.39. The Morgan fingerprint density at radius 1 is 1.17 bits per heavy atom. The van der Waals surface area contributed by atoms with E-state index in [9.17, 15) is 0 Å². The van der Waals surface area contributed by atoms with E-state index in [0.717, 1.165) is 29.2 Å². The molecule has 2 bridgehead atoms. The third-order valence-corrected chi connectivity index (χ3v) is 5.95. The van der Waals surface area contributed by atoms with E-state index < -0.39 is 0 Å². The molecular formula is C20H23N3S. The van der Waals surface area contributed by atoms with Gasteiger partial charge in [0, 0.05) is 12.3 Å². The number of hydrazone groups is 1. The summed E-state index contributed by atoms with van der Waals surface area (Å²) in [7, 11) is 0. The fourth-order valence-electron chi connectivity index (χ4n) is 4.77. The number of fused-ring (bicyclic) bond motifs is 5. The Balaban J connectivity index is 1.24. The van der Waals surface area contributed by atoms with Gasteiger partial charge >= 0.3 is 0 Å². The molecule has 124 valence electrons. The minimum absolute atomic E-state index is 0.508. The Morgan fingerprint density at radius 3 is 2.92 bits per heavy atom. The van der Waals surface area contributed by atoms with Gasteiger partial charge in [0.1, 0.15) is 0 Å². The molecule has 1 aromatic carbocycles. The number of hydrogen-bond donors (Lipinski definition) is 2. The van der Waals surface area contributed by atoms with E-state index in [0.29, 0.717) is 11.2 Å². The zero-order valence-corrected chi connectivity index (χ0v) is 14.5. The van der Waals surface area contributed by atoms with Gasteiger partial charge < -0.3 is 5.32 Å². The summed E-state index contributed by atoms with van der Waals surface area (Å²) in [6, 6.07) is 10.7. The monoisotopic (exact) mass is 337 g/mol. The molecule has 0 aliphatic heterocycles. The molecule has 24 heavy (non-hydrogen) atoms. The van der Waals surface area contributed by atoms with E-state index in [4.69, 9.17) is 12.2 Å². The summed E-state index contributed by atoms with van der Waals surface area (Å²) < 4.78 is 0. The second-order valence-electron chi connectivity index (χ2n) is 7.04. The van der Waals surface area contributed by atoms with Gasteiger partial charge in [0.05, 0.1) is 0 Å². The first-order valence-corrected chi connectivity index (χ1v) is 9.20. The highest BCUT2D eigenvalue weighted by atomic mass is 32.1. The van der Waals surface area contributed by atoms with Gasteiger partial charge in [-0.3, -0.25) is 5.43 Å². The van der Waals surface area contributed by atoms with E-state index in [1.807, 2.05) is 30.4 Å². The lowest BCUT2D eigenvalue weighted by atomic mass is 9.79. The van der Waals surface area contributed by atoms with Crippen molar-refractivity contribution in [3.8, 4) is 0 Å². The summed E-state index contributed by atoms with van der Waals surface area (Å²) in [5.74, 6) is 3.32. The first-order valence-electron chi connectivity index (χ1n) is 8.79. The van der Waals surface area contributed by atoms with Crippen molar-refractivity contribution in [2.45, 2.75) is 25.3 Å². The van der Waals surface area contributed by atoms with E-state index in [-0.39, 0.29) is 0 Å². The highest BCUT2D eigenvalue weighted by Gasteiger charge is 2.52. The van der Waals surface area contributed by atoms with Crippen LogP contribution >= 0.6 is 12.2 Å². The third kappa shape index (κ3) is 3.16. The molecule has 4 rings (SSSR count). The molecule has 4 heteroatoms. The van der Waals surface area contributed by atoms with Gasteiger partial charge in [0.25, 0.3) is 0 Å². The smallest absolute Gasteiger partial charge is 0.187 e. The Bertz CT molecular complexity index is 679. The van der Waals surface area contributed by atoms with E-state index in [1.165, 1.54) is 19.3 Å². The SMILES string of the molecule is S=C(N/N=C\C=C\c1ccccc1)N[C@@H]1C[C@H]2C[C@H]1[C@@H]1C=CC[C@@H]21. The number of hydrogen-bond acceptors (Lipinski definition) is 2. The number of thiocarbonyl (C=S) groups is 1. The van der Waals surface area contributed by atoms with Crippen LogP contribution < -0.4 is 10.7 Å². The van der Waals surface area contributed by atoms with Gasteiger partial charge in [-0.25, -0.2) is 0 Å². The first-order chi connectivity index (χ1) is 11.8. The number of allylic oxidation sites excluding steroid dienone is 3. The van der Waals surface area contributed by atoms with Crippen LogP contribution in [0, 0.1) is 23.7 Å². The Labute approximate surface area is 148 Å². The van der Waals surface area contributed by atoms with Crippen molar-refractivity contribution in [2.75, 3.05) is 0 Å². The molecule has 5 atom stereocenters. The molecule has 2 N–H and O–H groups in total. The summed E-state index contributed by atoms with van der Waals surface area (Å²) >= 11 is 5.39. The summed E-state index contributed by atoms with van der Waals surface area (Å²) in [6.07, 6.45) is 14.4. The maximum absolute atomic E-state index is 5.39. The molecule has 2 saturated carbocycles. The number of rotatable bonds is 4. The molecular weight excluding hydrogens is 314 g/mol. The van der Waals surface area contributed by atoms with Crippen molar-refractivity contribution < 1.29 is 0 Å². The van der Waals surface area contributed by atoms with Crippen LogP contribution in [0.3, 0.4) is 0 Å². The quantitative estimate of drug-likeness (QED) is 0.380. The van der Waals surface area contributed by atoms with Crippen molar-refractivity contribution in [3.05, 3.63) is 54.1 Å². The van der Waals surface area contributed by atoms with Crippen molar-refractivity contribution in [3.63, 3.8) is 0 Å². The summed E-state index contributed by atoms with van der Waals surface area (Å²) in [6.45, 7) is 0. The second-order valence-corrected chi connectivity index (χ2v) is 7.45. The molecule has 0 amide bonds. The number of nitrogens with one attached hydrogen (secondary N) is 2. The molecule has 0 spiro atoms. The van der Waals surface area contributed by atoms with Crippen LogP contribution in [0.5, 0.6) is 0 Å². The molecule has 0 saturated heterocycles. The molecule has 0 heterocycles. The molecule has 3 aliphatic carbocycles. The van der Waals surface area contributed by atoms with Gasteiger partial charge in [0.2, 0.25) is 0 Å². The minimum atomic E-state index is 0.508. The summed E-state index contributed by atoms with van der Waals surface area (Å²) in [5.41, 5.74) is 4.09. The van der Waals surface area contributed by atoms with Crippen molar-refractivity contribution in [1.82, 2.24) is 10.7 Å². The topological polar surface area (TPSA) is 36.4 Å². The van der Waals surface area contributed by atoms with Gasteiger partial charge in [-0.15, -0.1) is 0 Å². The van der Waals surface area contributed by atoms with Crippen LogP contribution in [-0.2, 0) is 0 Å². The van der Waals surface area contributed by atoms with Crippen LogP contribution in [0.15, 0.2) is 53.7 Å². The van der Waals surface area contributed by atoms with Crippen LogP contribution in [0.25, 0.3) is 6.08 Å². The zero-order valence-electron chi connectivity index (χ0n) is 13.6. The third-order valence-electron chi connectivity index (χ3n) is 5.74. The lowest BCUT2D eigenvalue weighted by molar-refractivity contribution is 0.246. The highest BCUT2D eigenvalue weighted by Crippen LogP contribution is 2.56. The van der Waals surface area contributed by atoms with Gasteiger partial charge in [-0.05, 0) is 66.8 Å². The minimum Gasteiger partial charge on any atom is -0.358 e. The normalized spacial score (nSPS) is 33.4. The Morgan fingerprint density at radius 2 is 2.04 bits per heavy atom. The standard InChI is InChI=1S/C20H23N3S/c24-20(23-21-11-5-8-14-6-2-1-3-7-14)22-19-13-15-12-18(19)17-10-4-9-16(15)17/h1-8,10-11,15-19H,9,12-13H2,(H2,22,23,24)/b8-5+,21-11-/t15-,16+,17-,18+,19-/m1/s1. The average Bonchev–Trinajstić information content (AvgIpc) is 3.28. The highest BCUT2D eigenvalue weighted by molar-refractivity contribution is 7.80. The molecule has 0 aromatic heterocycles. The summed E-state index contributed by atoms with van der Waals surface area (Å²) in [4.78, 5) is 0. The van der Waals surface area contributed by atoms with Gasteiger partial charge in [-0.2, -0.15) is 5.10 Å². The molecule has 1 aromatic rings. The Hall–Kier alpha value is -1.94. The average molecular weight is 337 g/mol. The molecule has 0 unspecified atom stereocenters. The first kappa shape index (κ1) is 15.6. The fourth-order valence-corrected chi connectivity index (χ4v) is 4.97. The van der Waals surface area contributed by atoms with Crippen molar-refractivity contribution in [1.29, 1.82) is 0 Å².